The molecule has 0 radical (unpaired) electrons. The Bertz CT molecular complexity index is 2380. The maximum absolute atomic E-state index is 6.24. The van der Waals surface area contributed by atoms with Crippen molar-refractivity contribution in [2.45, 2.75) is 0 Å². The fourth-order valence-electron chi connectivity index (χ4n) is 5.68. The number of aromatic nitrogens is 2. The molecule has 0 aliphatic heterocycles. The van der Waals surface area contributed by atoms with Crippen LogP contribution in [0.25, 0.3) is 97.7 Å². The first-order valence-corrected chi connectivity index (χ1v) is 15.7. The lowest BCUT2D eigenvalue weighted by Gasteiger charge is -1.96. The van der Waals surface area contributed by atoms with E-state index in [-0.39, 0.29) is 0 Å². The molecule has 0 fully saturated rings. The number of nitrogens with zero attached hydrogens (tertiary/aromatic N) is 2. The van der Waals surface area contributed by atoms with E-state index < -0.39 is 0 Å². The van der Waals surface area contributed by atoms with Crippen molar-refractivity contribution in [1.29, 1.82) is 0 Å². The zero-order chi connectivity index (χ0) is 28.8. The van der Waals surface area contributed by atoms with E-state index >= 15 is 0 Å². The molecule has 0 atom stereocenters. The van der Waals surface area contributed by atoms with Gasteiger partial charge in [0.1, 0.15) is 33.7 Å². The molecule has 208 valence electrons. The van der Waals surface area contributed by atoms with Crippen molar-refractivity contribution in [2.75, 3.05) is 0 Å². The molecular formula is C36H18N2O4S2. The highest BCUT2D eigenvalue weighted by Gasteiger charge is 2.17. The van der Waals surface area contributed by atoms with Crippen molar-refractivity contribution in [3.63, 3.8) is 0 Å². The van der Waals surface area contributed by atoms with E-state index in [1.807, 2.05) is 84.9 Å². The van der Waals surface area contributed by atoms with Crippen molar-refractivity contribution >= 4 is 77.6 Å². The predicted octanol–water partition coefficient (Wildman–Crippen LogP) is 11.4. The van der Waals surface area contributed by atoms with Crippen molar-refractivity contribution in [3.8, 4) is 42.8 Å². The van der Waals surface area contributed by atoms with Crippen LogP contribution in [0.3, 0.4) is 0 Å². The third-order valence-corrected chi connectivity index (χ3v) is 10.00. The molecule has 6 aromatic heterocycles. The highest BCUT2D eigenvalue weighted by Crippen LogP contribution is 2.40. The van der Waals surface area contributed by atoms with Gasteiger partial charge in [0.15, 0.2) is 11.2 Å². The largest absolute Gasteiger partial charge is 0.455 e. The van der Waals surface area contributed by atoms with Crippen LogP contribution in [0.4, 0.5) is 0 Å². The van der Waals surface area contributed by atoms with Crippen LogP contribution >= 0.6 is 22.7 Å². The highest BCUT2D eigenvalue weighted by molar-refractivity contribution is 7.19. The first-order chi connectivity index (χ1) is 21.7. The van der Waals surface area contributed by atoms with E-state index in [9.17, 15) is 0 Å². The standard InChI is InChI=1S/C36H18N2O4S2/c1-3-7-25-19(5-1)15-29(39-25)31-9-11-33(43-31)35-37-23-13-21-18-28-24(14-22(21)17-27(23)41-35)38-36(42-28)34-12-10-32(44-34)30-16-20-6-2-4-8-26(20)40-30/h1-18H. The second kappa shape index (κ2) is 9.03. The van der Waals surface area contributed by atoms with E-state index in [0.29, 0.717) is 11.8 Å². The summed E-state index contributed by atoms with van der Waals surface area (Å²) in [6.45, 7) is 0. The van der Waals surface area contributed by atoms with E-state index in [1.165, 1.54) is 0 Å². The Labute approximate surface area is 256 Å². The summed E-state index contributed by atoms with van der Waals surface area (Å²) in [5.74, 6) is 2.86. The van der Waals surface area contributed by atoms with Crippen LogP contribution in [-0.2, 0) is 0 Å². The number of oxazole rings is 2. The third kappa shape index (κ3) is 3.78. The van der Waals surface area contributed by atoms with Crippen LogP contribution in [0.1, 0.15) is 0 Å². The molecule has 0 aliphatic carbocycles. The smallest absolute Gasteiger partial charge is 0.237 e. The Balaban J connectivity index is 0.980. The number of para-hydroxylation sites is 2. The van der Waals surface area contributed by atoms with Crippen LogP contribution in [0.15, 0.2) is 127 Å². The minimum absolute atomic E-state index is 0.588. The van der Waals surface area contributed by atoms with Crippen LogP contribution in [0, 0.1) is 0 Å². The van der Waals surface area contributed by atoms with Gasteiger partial charge >= 0.3 is 0 Å². The van der Waals surface area contributed by atoms with Gasteiger partial charge in [0, 0.05) is 10.8 Å². The minimum atomic E-state index is 0.588. The second-order valence-electron chi connectivity index (χ2n) is 10.6. The Hall–Kier alpha value is -5.44. The third-order valence-electron chi connectivity index (χ3n) is 7.82. The molecule has 0 N–H and O–H groups in total. The number of hydrogen-bond acceptors (Lipinski definition) is 8. The van der Waals surface area contributed by atoms with Crippen molar-refractivity contribution in [1.82, 2.24) is 9.97 Å². The monoisotopic (exact) mass is 606 g/mol. The molecule has 8 heteroatoms. The molecule has 0 saturated carbocycles. The van der Waals surface area contributed by atoms with Gasteiger partial charge in [-0.2, -0.15) is 0 Å². The summed E-state index contributed by atoms with van der Waals surface area (Å²) in [5.41, 5.74) is 4.78. The molecule has 0 amide bonds. The van der Waals surface area contributed by atoms with Crippen molar-refractivity contribution < 1.29 is 17.7 Å². The molecule has 10 rings (SSSR count). The van der Waals surface area contributed by atoms with Crippen LogP contribution in [0.2, 0.25) is 0 Å². The molecule has 0 unspecified atom stereocenters. The molecule has 0 saturated heterocycles. The maximum Gasteiger partial charge on any atom is 0.237 e. The summed E-state index contributed by atoms with van der Waals surface area (Å²) in [6, 6.07) is 36.5. The fraction of sp³-hybridized carbons (Fsp3) is 0. The quantitative estimate of drug-likeness (QED) is 0.198. The van der Waals surface area contributed by atoms with Crippen LogP contribution in [0.5, 0.6) is 0 Å². The van der Waals surface area contributed by atoms with Gasteiger partial charge in [-0.1, -0.05) is 36.4 Å². The number of fused-ring (bicyclic) bond motifs is 5. The Morgan fingerprint density at radius 1 is 0.386 bits per heavy atom. The second-order valence-corrected chi connectivity index (χ2v) is 12.8. The molecule has 0 aliphatic rings. The molecular weight excluding hydrogens is 589 g/mol. The fourth-order valence-corrected chi connectivity index (χ4v) is 7.45. The van der Waals surface area contributed by atoms with Crippen LogP contribution < -0.4 is 0 Å². The Morgan fingerprint density at radius 2 is 0.841 bits per heavy atom. The summed E-state index contributed by atoms with van der Waals surface area (Å²) >= 11 is 3.20. The first kappa shape index (κ1) is 24.0. The summed E-state index contributed by atoms with van der Waals surface area (Å²) in [7, 11) is 0. The lowest BCUT2D eigenvalue weighted by molar-refractivity contribution is 0.621. The molecule has 0 bridgehead atoms. The number of furan rings is 2. The minimum Gasteiger partial charge on any atom is -0.455 e. The van der Waals surface area contributed by atoms with Gasteiger partial charge in [0.2, 0.25) is 11.8 Å². The molecule has 44 heavy (non-hydrogen) atoms. The van der Waals surface area contributed by atoms with E-state index in [4.69, 9.17) is 27.6 Å². The SMILES string of the molecule is c1ccc2oc(-c3ccc(-c4nc5cc6cc7oc(-c8ccc(-c9cc%10ccccc%10o9)s8)nc7cc6cc5o4)s3)cc2c1. The van der Waals surface area contributed by atoms with Crippen molar-refractivity contribution in [3.05, 3.63) is 109 Å². The summed E-state index contributed by atoms with van der Waals surface area (Å²) in [4.78, 5) is 13.6. The van der Waals surface area contributed by atoms with Gasteiger partial charge in [0.05, 0.1) is 19.5 Å². The average Bonchev–Trinajstić information content (AvgIpc) is 3.88. The highest BCUT2D eigenvalue weighted by atomic mass is 32.1. The summed E-state index contributed by atoms with van der Waals surface area (Å²) < 4.78 is 24.6. The Morgan fingerprint density at radius 3 is 1.32 bits per heavy atom. The predicted molar refractivity (Wildman–Crippen MR) is 176 cm³/mol. The number of rotatable bonds is 4. The van der Waals surface area contributed by atoms with Gasteiger partial charge in [-0.3, -0.25) is 0 Å². The number of hydrogen-bond donors (Lipinski definition) is 0. The molecule has 0 spiro atoms. The average molecular weight is 607 g/mol. The first-order valence-electron chi connectivity index (χ1n) is 14.0. The van der Waals surface area contributed by atoms with Gasteiger partial charge in [-0.15, -0.1) is 22.7 Å². The van der Waals surface area contributed by atoms with Crippen LogP contribution in [-0.4, -0.2) is 9.97 Å². The molecule has 6 nitrogen and oxygen atoms in total. The van der Waals surface area contributed by atoms with Gasteiger partial charge < -0.3 is 17.7 Å². The normalized spacial score (nSPS) is 12.1. The number of benzene rings is 4. The van der Waals surface area contributed by atoms with Gasteiger partial charge in [0.25, 0.3) is 0 Å². The zero-order valence-corrected chi connectivity index (χ0v) is 24.4. The van der Waals surface area contributed by atoms with E-state index in [2.05, 4.69) is 24.3 Å². The lowest BCUT2D eigenvalue weighted by Crippen LogP contribution is -1.76. The zero-order valence-electron chi connectivity index (χ0n) is 22.7. The molecule has 6 heterocycles. The van der Waals surface area contributed by atoms with E-state index in [1.54, 1.807) is 22.7 Å². The number of thiophene rings is 2. The Kier molecular flexibility index (Phi) is 4.94. The summed E-state index contributed by atoms with van der Waals surface area (Å²) in [5, 5.41) is 4.19. The summed E-state index contributed by atoms with van der Waals surface area (Å²) in [6.07, 6.45) is 0. The van der Waals surface area contributed by atoms with E-state index in [0.717, 1.165) is 85.9 Å². The maximum atomic E-state index is 6.24. The van der Waals surface area contributed by atoms with Crippen molar-refractivity contribution in [2.24, 2.45) is 0 Å². The van der Waals surface area contributed by atoms with Gasteiger partial charge in [-0.05, 0) is 83.6 Å². The molecule has 4 aromatic carbocycles. The van der Waals surface area contributed by atoms with Gasteiger partial charge in [-0.25, -0.2) is 9.97 Å². The topological polar surface area (TPSA) is 78.3 Å². The molecule has 10 aromatic rings. The lowest BCUT2D eigenvalue weighted by atomic mass is 10.1.